The van der Waals surface area contributed by atoms with E-state index in [9.17, 15) is 14.7 Å². The second kappa shape index (κ2) is 9.94. The largest absolute Gasteiger partial charge is 0.481 e. The molecule has 0 radical (unpaired) electrons. The highest BCUT2D eigenvalue weighted by atomic mass is 32.2. The standard InChI is InChI=1S/C23H29NO4S/c1-22(2,19(24)20(25)28-3)29-16-23(21(26)27,14-17-10-6-4-7-11-17)15-18-12-8-5-9-13-18/h4-13,19H,14-16,24H2,1-3H3,(H,26,27)/t19-/m1/s1. The van der Waals surface area contributed by atoms with Crippen LogP contribution in [0.1, 0.15) is 25.0 Å². The number of thioether (sulfide) groups is 1. The van der Waals surface area contributed by atoms with Crippen LogP contribution >= 0.6 is 11.8 Å². The lowest BCUT2D eigenvalue weighted by molar-refractivity contribution is -0.147. The van der Waals surface area contributed by atoms with Crippen LogP contribution in [0, 0.1) is 5.41 Å². The summed E-state index contributed by atoms with van der Waals surface area (Å²) in [6, 6.07) is 18.4. The van der Waals surface area contributed by atoms with E-state index in [4.69, 9.17) is 10.5 Å². The summed E-state index contributed by atoms with van der Waals surface area (Å²) in [4.78, 5) is 24.5. The van der Waals surface area contributed by atoms with Gasteiger partial charge in [0.15, 0.2) is 0 Å². The van der Waals surface area contributed by atoms with Crippen molar-refractivity contribution in [3.8, 4) is 0 Å². The summed E-state index contributed by atoms with van der Waals surface area (Å²) in [7, 11) is 1.30. The third-order valence-electron chi connectivity index (χ3n) is 5.15. The Kier molecular flexibility index (Phi) is 7.88. The summed E-state index contributed by atoms with van der Waals surface area (Å²) in [5.41, 5.74) is 6.95. The minimum absolute atomic E-state index is 0.309. The first-order valence-corrected chi connectivity index (χ1v) is 10.5. The Bertz CT molecular complexity index is 767. The zero-order chi connectivity index (χ0) is 21.5. The van der Waals surface area contributed by atoms with Crippen LogP contribution in [0.25, 0.3) is 0 Å². The van der Waals surface area contributed by atoms with Gasteiger partial charge in [0.05, 0.1) is 12.5 Å². The van der Waals surface area contributed by atoms with Gasteiger partial charge in [-0.05, 0) is 37.8 Å². The number of carbonyl (C=O) groups excluding carboxylic acids is 1. The van der Waals surface area contributed by atoms with Crippen molar-refractivity contribution < 1.29 is 19.4 Å². The molecule has 6 heteroatoms. The molecular weight excluding hydrogens is 386 g/mol. The molecule has 2 aromatic rings. The third-order valence-corrected chi connectivity index (χ3v) is 6.84. The number of rotatable bonds is 10. The number of esters is 1. The molecule has 0 aliphatic carbocycles. The molecule has 0 aliphatic heterocycles. The SMILES string of the molecule is COC(=O)[C@@H](N)C(C)(C)SCC(Cc1ccccc1)(Cc1ccccc1)C(=O)O. The van der Waals surface area contributed by atoms with Gasteiger partial charge in [0.1, 0.15) is 6.04 Å². The summed E-state index contributed by atoms with van der Waals surface area (Å²) >= 11 is 1.40. The lowest BCUT2D eigenvalue weighted by Gasteiger charge is -2.35. The van der Waals surface area contributed by atoms with Crippen molar-refractivity contribution in [3.05, 3.63) is 71.8 Å². The van der Waals surface area contributed by atoms with Crippen LogP contribution in [0.5, 0.6) is 0 Å². The van der Waals surface area contributed by atoms with Gasteiger partial charge in [-0.3, -0.25) is 9.59 Å². The fourth-order valence-electron chi connectivity index (χ4n) is 3.18. The van der Waals surface area contributed by atoms with Crippen LogP contribution in [0.2, 0.25) is 0 Å². The average molecular weight is 416 g/mol. The van der Waals surface area contributed by atoms with Gasteiger partial charge in [0.25, 0.3) is 0 Å². The first-order valence-electron chi connectivity index (χ1n) is 9.49. The second-order valence-electron chi connectivity index (χ2n) is 7.80. The summed E-state index contributed by atoms with van der Waals surface area (Å²) < 4.78 is 4.10. The van der Waals surface area contributed by atoms with E-state index in [0.29, 0.717) is 18.6 Å². The van der Waals surface area contributed by atoms with Crippen LogP contribution in [0.15, 0.2) is 60.7 Å². The van der Waals surface area contributed by atoms with E-state index in [2.05, 4.69) is 0 Å². The molecule has 2 aromatic carbocycles. The van der Waals surface area contributed by atoms with Gasteiger partial charge < -0.3 is 15.6 Å². The van der Waals surface area contributed by atoms with Crippen molar-refractivity contribution in [3.63, 3.8) is 0 Å². The van der Waals surface area contributed by atoms with Gasteiger partial charge in [0, 0.05) is 10.5 Å². The highest BCUT2D eigenvalue weighted by Gasteiger charge is 2.42. The highest BCUT2D eigenvalue weighted by Crippen LogP contribution is 2.38. The van der Waals surface area contributed by atoms with Crippen LogP contribution in [0.4, 0.5) is 0 Å². The van der Waals surface area contributed by atoms with Gasteiger partial charge in [-0.25, -0.2) is 0 Å². The van der Waals surface area contributed by atoms with Crippen molar-refractivity contribution in [2.24, 2.45) is 11.1 Å². The molecular formula is C23H29NO4S. The van der Waals surface area contributed by atoms with E-state index in [1.54, 1.807) is 0 Å². The normalized spacial score (nSPS) is 13.0. The molecule has 0 aliphatic rings. The van der Waals surface area contributed by atoms with Crippen molar-refractivity contribution >= 4 is 23.7 Å². The predicted molar refractivity (Wildman–Crippen MR) is 117 cm³/mol. The highest BCUT2D eigenvalue weighted by molar-refractivity contribution is 8.00. The Labute approximate surface area is 176 Å². The van der Waals surface area contributed by atoms with E-state index in [0.717, 1.165) is 11.1 Å². The van der Waals surface area contributed by atoms with Gasteiger partial charge in [-0.1, -0.05) is 60.7 Å². The predicted octanol–water partition coefficient (Wildman–Crippen LogP) is 3.55. The number of benzene rings is 2. The fourth-order valence-corrected chi connectivity index (χ4v) is 4.43. The van der Waals surface area contributed by atoms with E-state index < -0.39 is 28.1 Å². The van der Waals surface area contributed by atoms with E-state index in [1.807, 2.05) is 74.5 Å². The van der Waals surface area contributed by atoms with Crippen LogP contribution < -0.4 is 5.73 Å². The van der Waals surface area contributed by atoms with Crippen molar-refractivity contribution in [1.29, 1.82) is 0 Å². The van der Waals surface area contributed by atoms with Gasteiger partial charge >= 0.3 is 11.9 Å². The first-order chi connectivity index (χ1) is 13.7. The maximum absolute atomic E-state index is 12.6. The Balaban J connectivity index is 2.34. The number of nitrogens with two attached hydrogens (primary N) is 1. The maximum Gasteiger partial charge on any atom is 0.324 e. The molecule has 0 bridgehead atoms. The summed E-state index contributed by atoms with van der Waals surface area (Å²) in [5, 5.41) is 10.3. The molecule has 0 amide bonds. The average Bonchev–Trinajstić information content (AvgIpc) is 2.72. The number of hydrogen-bond acceptors (Lipinski definition) is 5. The van der Waals surface area contributed by atoms with Crippen LogP contribution in [-0.2, 0) is 27.2 Å². The van der Waals surface area contributed by atoms with Crippen LogP contribution in [-0.4, -0.2) is 40.7 Å². The van der Waals surface area contributed by atoms with Crippen molar-refractivity contribution in [1.82, 2.24) is 0 Å². The lowest BCUT2D eigenvalue weighted by Crippen LogP contribution is -2.49. The van der Waals surface area contributed by atoms with Gasteiger partial charge in [0.2, 0.25) is 0 Å². The zero-order valence-corrected chi connectivity index (χ0v) is 17.9. The molecule has 5 nitrogen and oxygen atoms in total. The summed E-state index contributed by atoms with van der Waals surface area (Å²) in [6.45, 7) is 3.69. The Morgan fingerprint density at radius 1 is 1.00 bits per heavy atom. The lowest BCUT2D eigenvalue weighted by atomic mass is 9.78. The van der Waals surface area contributed by atoms with E-state index in [-0.39, 0.29) is 0 Å². The maximum atomic E-state index is 12.6. The molecule has 2 rings (SSSR count). The van der Waals surface area contributed by atoms with Crippen LogP contribution in [0.3, 0.4) is 0 Å². The van der Waals surface area contributed by atoms with Crippen molar-refractivity contribution in [2.45, 2.75) is 37.5 Å². The van der Waals surface area contributed by atoms with Gasteiger partial charge in [-0.2, -0.15) is 11.8 Å². The Morgan fingerprint density at radius 2 is 1.45 bits per heavy atom. The minimum atomic E-state index is -1.04. The monoisotopic (exact) mass is 415 g/mol. The number of carboxylic acid groups (broad SMARTS) is 1. The Morgan fingerprint density at radius 3 is 1.83 bits per heavy atom. The topological polar surface area (TPSA) is 89.6 Å². The number of ether oxygens (including phenoxy) is 1. The first kappa shape index (κ1) is 23.0. The molecule has 0 fully saturated rings. The zero-order valence-electron chi connectivity index (χ0n) is 17.1. The minimum Gasteiger partial charge on any atom is -0.481 e. The smallest absolute Gasteiger partial charge is 0.324 e. The molecule has 29 heavy (non-hydrogen) atoms. The molecule has 0 spiro atoms. The second-order valence-corrected chi connectivity index (χ2v) is 9.43. The fraction of sp³-hybridized carbons (Fsp3) is 0.391. The summed E-state index contributed by atoms with van der Waals surface area (Å²) in [6.07, 6.45) is 0.767. The molecule has 3 N–H and O–H groups in total. The van der Waals surface area contributed by atoms with Gasteiger partial charge in [-0.15, -0.1) is 0 Å². The molecule has 0 saturated heterocycles. The third kappa shape index (κ3) is 6.08. The molecule has 1 atom stereocenters. The molecule has 0 heterocycles. The number of carbonyl (C=O) groups is 2. The molecule has 0 unspecified atom stereocenters. The number of hydrogen-bond donors (Lipinski definition) is 2. The number of methoxy groups -OCH3 is 1. The molecule has 0 aromatic heterocycles. The van der Waals surface area contributed by atoms with E-state index >= 15 is 0 Å². The quantitative estimate of drug-likeness (QED) is 0.577. The number of carboxylic acids is 1. The van der Waals surface area contributed by atoms with E-state index in [1.165, 1.54) is 18.9 Å². The van der Waals surface area contributed by atoms with Crippen molar-refractivity contribution in [2.75, 3.05) is 12.9 Å². The molecule has 0 saturated carbocycles. The number of aliphatic carboxylic acids is 1. The summed E-state index contributed by atoms with van der Waals surface area (Å²) in [5.74, 6) is -1.06. The molecule has 156 valence electrons. The Hall–Kier alpha value is -2.31.